The molecule has 0 radical (unpaired) electrons. The molecule has 6 rings (SSSR count). The number of hydrogen-bond donors (Lipinski definition) is 2. The van der Waals surface area contributed by atoms with Gasteiger partial charge in [-0.1, -0.05) is 12.1 Å². The van der Waals surface area contributed by atoms with Gasteiger partial charge >= 0.3 is 0 Å². The van der Waals surface area contributed by atoms with Crippen molar-refractivity contribution in [3.8, 4) is 5.75 Å². The maximum atomic E-state index is 13.3. The number of nitro groups is 1. The van der Waals surface area contributed by atoms with Gasteiger partial charge < -0.3 is 4.74 Å². The number of nitrogens with zero attached hydrogens (tertiary/aromatic N) is 2. The molecule has 4 aliphatic carbocycles. The Kier molecular flexibility index (Phi) is 5.48. The first-order valence-corrected chi connectivity index (χ1v) is 12.6. The third-order valence-electron chi connectivity index (χ3n) is 7.10. The quantitative estimate of drug-likeness (QED) is 0.449. The molecule has 0 aliphatic heterocycles. The summed E-state index contributed by atoms with van der Waals surface area (Å²) in [5.41, 5.74) is 4.18. The minimum absolute atomic E-state index is 0.198. The fourth-order valence-electron chi connectivity index (χ4n) is 5.84. The Hall–Kier alpha value is -3.14. The van der Waals surface area contributed by atoms with E-state index in [4.69, 9.17) is 4.74 Å². The summed E-state index contributed by atoms with van der Waals surface area (Å²) in [6, 6.07) is 10.3. The predicted octanol–water partition coefficient (Wildman–Crippen LogP) is 4.63. The van der Waals surface area contributed by atoms with Crippen molar-refractivity contribution in [3.63, 3.8) is 0 Å². The van der Waals surface area contributed by atoms with E-state index in [0.29, 0.717) is 17.6 Å². The van der Waals surface area contributed by atoms with Crippen LogP contribution in [-0.2, 0) is 10.0 Å². The summed E-state index contributed by atoms with van der Waals surface area (Å²) in [6.07, 6.45) is 5.91. The summed E-state index contributed by atoms with van der Waals surface area (Å²) in [5, 5.41) is 16.0. The first-order valence-electron chi connectivity index (χ1n) is 11.1. The van der Waals surface area contributed by atoms with Crippen molar-refractivity contribution in [1.82, 2.24) is 0 Å². The van der Waals surface area contributed by atoms with Crippen molar-refractivity contribution in [3.05, 3.63) is 52.6 Å². The van der Waals surface area contributed by atoms with Gasteiger partial charge in [-0.3, -0.25) is 20.3 Å². The molecule has 4 aliphatic rings. The van der Waals surface area contributed by atoms with Crippen LogP contribution in [0.15, 0.2) is 52.5 Å². The van der Waals surface area contributed by atoms with Crippen molar-refractivity contribution < 1.29 is 18.1 Å². The molecule has 0 heterocycles. The number of benzene rings is 2. The molecule has 33 heavy (non-hydrogen) atoms. The van der Waals surface area contributed by atoms with E-state index >= 15 is 0 Å². The molecule has 4 fully saturated rings. The van der Waals surface area contributed by atoms with E-state index in [1.807, 2.05) is 0 Å². The number of rotatable bonds is 7. The normalized spacial score (nSPS) is 25.5. The molecule has 0 unspecified atom stereocenters. The molecule has 9 nitrogen and oxygen atoms in total. The first kappa shape index (κ1) is 21.7. The fraction of sp³-hybridized carbons (Fsp3) is 0.435. The van der Waals surface area contributed by atoms with Crippen LogP contribution in [0.4, 0.5) is 17.1 Å². The van der Waals surface area contributed by atoms with Crippen LogP contribution in [-0.4, -0.2) is 26.2 Å². The Morgan fingerprint density at radius 3 is 2.30 bits per heavy atom. The van der Waals surface area contributed by atoms with E-state index in [-0.39, 0.29) is 22.0 Å². The van der Waals surface area contributed by atoms with Gasteiger partial charge in [0.25, 0.3) is 15.7 Å². The summed E-state index contributed by atoms with van der Waals surface area (Å²) in [6.45, 7) is 0. The van der Waals surface area contributed by atoms with Crippen LogP contribution < -0.4 is 14.9 Å². The Bertz CT molecular complexity index is 1200. The number of ether oxygens (including phenoxy) is 1. The van der Waals surface area contributed by atoms with Crippen molar-refractivity contribution in [2.24, 2.45) is 28.8 Å². The number of nitrogens with one attached hydrogen (secondary N) is 2. The van der Waals surface area contributed by atoms with Crippen molar-refractivity contribution >= 4 is 32.8 Å². The second-order valence-electron chi connectivity index (χ2n) is 9.20. The van der Waals surface area contributed by atoms with Crippen LogP contribution in [0.25, 0.3) is 0 Å². The number of anilines is 2. The van der Waals surface area contributed by atoms with Gasteiger partial charge in [0.05, 0.1) is 23.4 Å². The summed E-state index contributed by atoms with van der Waals surface area (Å²) in [5.74, 6) is 2.80. The van der Waals surface area contributed by atoms with Crippen LogP contribution in [0.3, 0.4) is 0 Å². The average molecular weight is 471 g/mol. The van der Waals surface area contributed by atoms with E-state index in [0.717, 1.165) is 49.3 Å². The molecule has 2 N–H and O–H groups in total. The number of non-ortho nitro benzene ring substituents is 1. The third kappa shape index (κ3) is 4.15. The molecule has 0 aromatic heterocycles. The monoisotopic (exact) mass is 470 g/mol. The minimum Gasteiger partial charge on any atom is -0.495 e. The lowest BCUT2D eigenvalue weighted by Gasteiger charge is -2.50. The second kappa shape index (κ2) is 8.33. The summed E-state index contributed by atoms with van der Waals surface area (Å²) < 4.78 is 34.3. The molecule has 2 aromatic carbocycles. The summed E-state index contributed by atoms with van der Waals surface area (Å²) in [4.78, 5) is 10.5. The second-order valence-corrected chi connectivity index (χ2v) is 10.8. The topological polar surface area (TPSA) is 123 Å². The number of hydrogen-bond acceptors (Lipinski definition) is 7. The zero-order valence-electron chi connectivity index (χ0n) is 18.2. The van der Waals surface area contributed by atoms with Crippen molar-refractivity contribution in [2.45, 2.75) is 37.0 Å². The van der Waals surface area contributed by atoms with Gasteiger partial charge in [-0.25, -0.2) is 8.42 Å². The Morgan fingerprint density at radius 2 is 1.67 bits per heavy atom. The lowest BCUT2D eigenvalue weighted by Crippen LogP contribution is -2.45. The van der Waals surface area contributed by atoms with Crippen LogP contribution in [0, 0.1) is 33.8 Å². The molecule has 2 aromatic rings. The zero-order chi connectivity index (χ0) is 23.2. The van der Waals surface area contributed by atoms with Gasteiger partial charge in [0.1, 0.15) is 10.6 Å². The van der Waals surface area contributed by atoms with Crippen LogP contribution in [0.1, 0.15) is 32.1 Å². The van der Waals surface area contributed by atoms with Crippen molar-refractivity contribution in [2.75, 3.05) is 17.3 Å². The standard InChI is InChI=1S/C23H26N4O5S/c1-32-21-5-3-2-4-19(21)26-33(30,31)22-13-18(27(28)29)6-7-20(22)24-25-23-16-9-14-8-15(11-16)12-17(23)10-14/h2-7,13-17,24,26H,8-12H2,1H3. The lowest BCUT2D eigenvalue weighted by atomic mass is 9.55. The molecular weight excluding hydrogens is 444 g/mol. The maximum Gasteiger partial charge on any atom is 0.270 e. The average Bonchev–Trinajstić information content (AvgIpc) is 2.78. The molecule has 0 amide bonds. The Balaban J connectivity index is 1.48. The number of methoxy groups -OCH3 is 1. The number of para-hydroxylation sites is 2. The van der Waals surface area contributed by atoms with Gasteiger partial charge in [0.15, 0.2) is 0 Å². The highest BCUT2D eigenvalue weighted by molar-refractivity contribution is 7.93. The first-order chi connectivity index (χ1) is 15.8. The molecule has 0 spiro atoms. The lowest BCUT2D eigenvalue weighted by molar-refractivity contribution is -0.385. The molecule has 0 atom stereocenters. The van der Waals surface area contributed by atoms with Gasteiger partial charge in [-0.2, -0.15) is 5.10 Å². The van der Waals surface area contributed by atoms with E-state index in [2.05, 4.69) is 15.2 Å². The molecule has 4 saturated carbocycles. The SMILES string of the molecule is COc1ccccc1NS(=O)(=O)c1cc([N+](=O)[O-])ccc1NN=C1C2CC3CC(C2)CC1C3. The highest BCUT2D eigenvalue weighted by atomic mass is 32.2. The van der Waals surface area contributed by atoms with Crippen LogP contribution >= 0.6 is 0 Å². The van der Waals surface area contributed by atoms with E-state index in [1.54, 1.807) is 24.3 Å². The van der Waals surface area contributed by atoms with Gasteiger partial charge in [0, 0.05) is 17.8 Å². The number of sulfonamides is 1. The van der Waals surface area contributed by atoms with Gasteiger partial charge in [0.2, 0.25) is 0 Å². The number of nitro benzene ring substituents is 1. The largest absolute Gasteiger partial charge is 0.495 e. The van der Waals surface area contributed by atoms with E-state index in [9.17, 15) is 18.5 Å². The molecule has 10 heteroatoms. The van der Waals surface area contributed by atoms with Gasteiger partial charge in [-0.05, 0) is 74.0 Å². The smallest absolute Gasteiger partial charge is 0.270 e. The third-order valence-corrected chi connectivity index (χ3v) is 8.50. The molecule has 174 valence electrons. The van der Waals surface area contributed by atoms with E-state index in [1.165, 1.54) is 25.7 Å². The van der Waals surface area contributed by atoms with Crippen LogP contribution in [0.5, 0.6) is 5.75 Å². The zero-order valence-corrected chi connectivity index (χ0v) is 19.0. The minimum atomic E-state index is -4.17. The molecule has 4 bridgehead atoms. The molecule has 0 saturated heterocycles. The fourth-order valence-corrected chi connectivity index (χ4v) is 7.09. The molecular formula is C23H26N4O5S. The Morgan fingerprint density at radius 1 is 1.00 bits per heavy atom. The summed E-state index contributed by atoms with van der Waals surface area (Å²) >= 11 is 0. The summed E-state index contributed by atoms with van der Waals surface area (Å²) in [7, 11) is -2.73. The van der Waals surface area contributed by atoms with E-state index < -0.39 is 14.9 Å². The Labute approximate surface area is 192 Å². The van der Waals surface area contributed by atoms with Crippen LogP contribution in [0.2, 0.25) is 0 Å². The van der Waals surface area contributed by atoms with Gasteiger partial charge in [-0.15, -0.1) is 0 Å². The predicted molar refractivity (Wildman–Crippen MR) is 125 cm³/mol. The highest BCUT2D eigenvalue weighted by Crippen LogP contribution is 2.52. The maximum absolute atomic E-state index is 13.3. The van der Waals surface area contributed by atoms with Crippen molar-refractivity contribution in [1.29, 1.82) is 0 Å². The number of hydrazone groups is 1. The highest BCUT2D eigenvalue weighted by Gasteiger charge is 2.46.